The molecule has 0 bridgehead atoms. The second-order valence-corrected chi connectivity index (χ2v) is 3.95. The molecule has 7 heteroatoms. The SMILES string of the molecule is Nc1cc(F)ccc1CS(=O)(=O)[O-].[Na+]. The third-order valence-corrected chi connectivity index (χ3v) is 2.10. The van der Waals surface area contributed by atoms with Crippen LogP contribution >= 0.6 is 0 Å². The summed E-state index contributed by atoms with van der Waals surface area (Å²) in [4.78, 5) is 0. The Balaban J connectivity index is 0.00000169. The van der Waals surface area contributed by atoms with Gasteiger partial charge in [-0.05, 0) is 17.7 Å². The van der Waals surface area contributed by atoms with E-state index in [1.54, 1.807) is 0 Å². The minimum Gasteiger partial charge on any atom is -0.748 e. The van der Waals surface area contributed by atoms with E-state index in [-0.39, 0.29) is 40.8 Å². The first kappa shape index (κ1) is 13.9. The van der Waals surface area contributed by atoms with Crippen molar-refractivity contribution in [3.8, 4) is 0 Å². The van der Waals surface area contributed by atoms with Crippen molar-refractivity contribution in [1.82, 2.24) is 0 Å². The van der Waals surface area contributed by atoms with Crippen LogP contribution in [0.25, 0.3) is 0 Å². The molecule has 72 valence electrons. The van der Waals surface area contributed by atoms with Gasteiger partial charge in [0.1, 0.15) is 5.82 Å². The van der Waals surface area contributed by atoms with Crippen molar-refractivity contribution in [3.63, 3.8) is 0 Å². The molecule has 14 heavy (non-hydrogen) atoms. The fraction of sp³-hybridized carbons (Fsp3) is 0.143. The standard InChI is InChI=1S/C7H8FNO3S.Na/c8-6-2-1-5(7(9)3-6)4-13(10,11)12;/h1-3H,4,9H2,(H,10,11,12);/q;+1/p-1. The monoisotopic (exact) mass is 227 g/mol. The second-order valence-electron chi connectivity index (χ2n) is 2.55. The molecule has 0 spiro atoms. The predicted octanol–water partition coefficient (Wildman–Crippen LogP) is -2.54. The van der Waals surface area contributed by atoms with Crippen molar-refractivity contribution in [3.05, 3.63) is 29.6 Å². The molecule has 0 unspecified atom stereocenters. The Morgan fingerprint density at radius 3 is 2.43 bits per heavy atom. The minimum absolute atomic E-state index is 0. The Labute approximate surface area is 103 Å². The van der Waals surface area contributed by atoms with Crippen molar-refractivity contribution >= 4 is 15.8 Å². The Hall–Kier alpha value is -0.140. The quantitative estimate of drug-likeness (QED) is 0.343. The number of nitrogens with two attached hydrogens (primary N) is 1. The first-order valence-corrected chi connectivity index (χ1v) is 4.94. The topological polar surface area (TPSA) is 83.2 Å². The van der Waals surface area contributed by atoms with Crippen LogP contribution in [-0.2, 0) is 15.9 Å². The van der Waals surface area contributed by atoms with Gasteiger partial charge in [0, 0.05) is 5.69 Å². The van der Waals surface area contributed by atoms with Crippen LogP contribution in [0.1, 0.15) is 5.56 Å². The van der Waals surface area contributed by atoms with E-state index in [9.17, 15) is 17.4 Å². The van der Waals surface area contributed by atoms with E-state index in [4.69, 9.17) is 5.73 Å². The average Bonchev–Trinajstić information content (AvgIpc) is 1.93. The van der Waals surface area contributed by atoms with E-state index < -0.39 is 21.7 Å². The first-order chi connectivity index (χ1) is 5.88. The van der Waals surface area contributed by atoms with Gasteiger partial charge in [-0.2, -0.15) is 0 Å². The summed E-state index contributed by atoms with van der Waals surface area (Å²) in [7, 11) is -4.36. The number of hydrogen-bond donors (Lipinski definition) is 1. The van der Waals surface area contributed by atoms with Crippen LogP contribution in [0.3, 0.4) is 0 Å². The molecule has 1 aromatic carbocycles. The summed E-state index contributed by atoms with van der Waals surface area (Å²) in [6, 6.07) is 3.21. The summed E-state index contributed by atoms with van der Waals surface area (Å²) in [5.74, 6) is -1.27. The van der Waals surface area contributed by atoms with E-state index in [1.807, 2.05) is 0 Å². The van der Waals surface area contributed by atoms with Crippen LogP contribution < -0.4 is 35.3 Å². The van der Waals surface area contributed by atoms with Crippen LogP contribution in [0.5, 0.6) is 0 Å². The third-order valence-electron chi connectivity index (χ3n) is 1.44. The van der Waals surface area contributed by atoms with Crippen LogP contribution in [-0.4, -0.2) is 13.0 Å². The molecule has 1 rings (SSSR count). The van der Waals surface area contributed by atoms with Gasteiger partial charge in [0.25, 0.3) is 0 Å². The van der Waals surface area contributed by atoms with Crippen LogP contribution in [0.2, 0.25) is 0 Å². The number of halogens is 1. The van der Waals surface area contributed by atoms with E-state index >= 15 is 0 Å². The van der Waals surface area contributed by atoms with Crippen LogP contribution in [0.15, 0.2) is 18.2 Å². The van der Waals surface area contributed by atoms with Gasteiger partial charge < -0.3 is 10.3 Å². The molecule has 2 N–H and O–H groups in total. The summed E-state index contributed by atoms with van der Waals surface area (Å²) in [6.07, 6.45) is 0. The summed E-state index contributed by atoms with van der Waals surface area (Å²) >= 11 is 0. The molecule has 0 radical (unpaired) electrons. The third kappa shape index (κ3) is 4.39. The Bertz CT molecular complexity index is 421. The van der Waals surface area contributed by atoms with E-state index in [2.05, 4.69) is 0 Å². The Kier molecular flexibility index (Phi) is 5.03. The second kappa shape index (κ2) is 5.09. The molecule has 1 aromatic rings. The van der Waals surface area contributed by atoms with Crippen LogP contribution in [0.4, 0.5) is 10.1 Å². The van der Waals surface area contributed by atoms with Gasteiger partial charge in [-0.15, -0.1) is 0 Å². The van der Waals surface area contributed by atoms with Crippen molar-refractivity contribution in [2.45, 2.75) is 5.75 Å². The van der Waals surface area contributed by atoms with Gasteiger partial charge in [-0.1, -0.05) is 6.07 Å². The van der Waals surface area contributed by atoms with E-state index in [0.29, 0.717) is 0 Å². The maximum atomic E-state index is 12.5. The molecule has 0 atom stereocenters. The molecule has 0 aliphatic carbocycles. The Morgan fingerprint density at radius 2 is 2.00 bits per heavy atom. The maximum absolute atomic E-state index is 12.5. The molecule has 0 aliphatic rings. The summed E-state index contributed by atoms with van der Waals surface area (Å²) in [5, 5.41) is 0. The largest absolute Gasteiger partial charge is 1.00 e. The maximum Gasteiger partial charge on any atom is 1.00 e. The number of benzene rings is 1. The van der Waals surface area contributed by atoms with Crippen molar-refractivity contribution in [2.24, 2.45) is 0 Å². The van der Waals surface area contributed by atoms with E-state index in [0.717, 1.165) is 12.1 Å². The molecule has 0 amide bonds. The van der Waals surface area contributed by atoms with Crippen molar-refractivity contribution < 1.29 is 46.9 Å². The van der Waals surface area contributed by atoms with Crippen molar-refractivity contribution in [2.75, 3.05) is 5.73 Å². The molecular formula is C7H7FNNaO3S. The zero-order valence-electron chi connectivity index (χ0n) is 7.53. The normalized spacial score (nSPS) is 10.7. The van der Waals surface area contributed by atoms with E-state index in [1.165, 1.54) is 6.07 Å². The summed E-state index contributed by atoms with van der Waals surface area (Å²) in [6.45, 7) is 0. The Morgan fingerprint density at radius 1 is 1.43 bits per heavy atom. The van der Waals surface area contributed by atoms with Gasteiger partial charge >= 0.3 is 29.6 Å². The molecule has 0 aromatic heterocycles. The zero-order valence-corrected chi connectivity index (χ0v) is 10.3. The summed E-state index contributed by atoms with van der Waals surface area (Å²) < 4.78 is 43.5. The zero-order chi connectivity index (χ0) is 10.1. The number of nitrogen functional groups attached to an aromatic ring is 1. The molecule has 4 nitrogen and oxygen atoms in total. The van der Waals surface area contributed by atoms with Gasteiger partial charge in [-0.25, -0.2) is 12.8 Å². The minimum atomic E-state index is -4.36. The number of rotatable bonds is 2. The van der Waals surface area contributed by atoms with Gasteiger partial charge in [-0.3, -0.25) is 0 Å². The molecule has 0 saturated heterocycles. The van der Waals surface area contributed by atoms with Gasteiger partial charge in [0.15, 0.2) is 0 Å². The molecular weight excluding hydrogens is 220 g/mol. The smallest absolute Gasteiger partial charge is 0.748 e. The van der Waals surface area contributed by atoms with Crippen molar-refractivity contribution in [1.29, 1.82) is 0 Å². The first-order valence-electron chi connectivity index (χ1n) is 3.36. The fourth-order valence-electron chi connectivity index (χ4n) is 0.888. The average molecular weight is 227 g/mol. The molecule has 0 aliphatic heterocycles. The number of hydrogen-bond acceptors (Lipinski definition) is 4. The number of anilines is 1. The summed E-state index contributed by atoms with van der Waals surface area (Å²) in [5.41, 5.74) is 5.38. The molecule has 0 heterocycles. The van der Waals surface area contributed by atoms with Gasteiger partial charge in [0.05, 0.1) is 15.9 Å². The van der Waals surface area contributed by atoms with Gasteiger partial charge in [0.2, 0.25) is 0 Å². The molecule has 0 saturated carbocycles. The predicted molar refractivity (Wildman–Crippen MR) is 44.2 cm³/mol. The van der Waals surface area contributed by atoms with Crippen LogP contribution in [0, 0.1) is 5.82 Å². The molecule has 0 fully saturated rings. The fourth-order valence-corrected chi connectivity index (χ4v) is 1.53.